The highest BCUT2D eigenvalue weighted by Gasteiger charge is 2.45. The van der Waals surface area contributed by atoms with E-state index in [1.54, 1.807) is 0 Å². The van der Waals surface area contributed by atoms with E-state index in [4.69, 9.17) is 10.2 Å². The summed E-state index contributed by atoms with van der Waals surface area (Å²) in [7, 11) is 0. The summed E-state index contributed by atoms with van der Waals surface area (Å²) in [5, 5.41) is 0. The SMILES string of the molecule is Cc1ccc(CN(C(=O)C2(C)CCCC2N)C(C)C)o1. The summed E-state index contributed by atoms with van der Waals surface area (Å²) in [4.78, 5) is 14.8. The lowest BCUT2D eigenvalue weighted by atomic mass is 9.83. The van der Waals surface area contributed by atoms with Crippen molar-refractivity contribution in [3.8, 4) is 0 Å². The second-order valence-electron chi connectivity index (χ2n) is 6.46. The molecule has 1 heterocycles. The second-order valence-corrected chi connectivity index (χ2v) is 6.46. The van der Waals surface area contributed by atoms with E-state index in [0.717, 1.165) is 30.8 Å². The minimum absolute atomic E-state index is 0.0328. The average Bonchev–Trinajstić information content (AvgIpc) is 2.93. The van der Waals surface area contributed by atoms with Crippen LogP contribution in [0.4, 0.5) is 0 Å². The van der Waals surface area contributed by atoms with E-state index < -0.39 is 5.41 Å². The van der Waals surface area contributed by atoms with Gasteiger partial charge in [-0.2, -0.15) is 0 Å². The maximum atomic E-state index is 12.9. The van der Waals surface area contributed by atoms with E-state index in [1.807, 2.05) is 44.7 Å². The Morgan fingerprint density at radius 1 is 1.55 bits per heavy atom. The Morgan fingerprint density at radius 3 is 2.70 bits per heavy atom. The molecule has 1 aromatic heterocycles. The lowest BCUT2D eigenvalue weighted by Gasteiger charge is -2.36. The van der Waals surface area contributed by atoms with Gasteiger partial charge in [0.15, 0.2) is 0 Å². The van der Waals surface area contributed by atoms with Crippen molar-refractivity contribution in [1.82, 2.24) is 4.90 Å². The van der Waals surface area contributed by atoms with Crippen molar-refractivity contribution in [2.24, 2.45) is 11.1 Å². The number of nitrogens with zero attached hydrogens (tertiary/aromatic N) is 1. The normalized spacial score (nSPS) is 26.2. The molecule has 4 nitrogen and oxygen atoms in total. The third-order valence-corrected chi connectivity index (χ3v) is 4.52. The Hall–Kier alpha value is -1.29. The molecule has 2 rings (SSSR count). The maximum Gasteiger partial charge on any atom is 0.230 e. The number of amides is 1. The van der Waals surface area contributed by atoms with Gasteiger partial charge in [-0.05, 0) is 52.7 Å². The predicted molar refractivity (Wildman–Crippen MR) is 79.1 cm³/mol. The number of carbonyl (C=O) groups excluding carboxylic acids is 1. The van der Waals surface area contributed by atoms with Crippen LogP contribution in [0.1, 0.15) is 51.6 Å². The zero-order valence-corrected chi connectivity index (χ0v) is 13.0. The molecule has 1 aromatic rings. The fraction of sp³-hybridized carbons (Fsp3) is 0.688. The zero-order chi connectivity index (χ0) is 14.9. The van der Waals surface area contributed by atoms with Crippen LogP contribution in [0.15, 0.2) is 16.5 Å². The summed E-state index contributed by atoms with van der Waals surface area (Å²) in [5.74, 6) is 1.87. The van der Waals surface area contributed by atoms with Crippen molar-refractivity contribution in [2.45, 2.75) is 65.6 Å². The zero-order valence-electron chi connectivity index (χ0n) is 13.0. The Bertz CT molecular complexity index is 481. The molecule has 112 valence electrons. The van der Waals surface area contributed by atoms with Crippen LogP contribution in [-0.2, 0) is 11.3 Å². The van der Waals surface area contributed by atoms with E-state index in [-0.39, 0.29) is 18.0 Å². The standard InChI is InChI=1S/C16H26N2O2/c1-11(2)18(10-13-8-7-12(3)20-13)15(19)16(4)9-5-6-14(16)17/h7-8,11,14H,5-6,9-10,17H2,1-4H3. The van der Waals surface area contributed by atoms with Gasteiger partial charge in [-0.15, -0.1) is 0 Å². The topological polar surface area (TPSA) is 59.5 Å². The molecule has 0 aromatic carbocycles. The second kappa shape index (κ2) is 5.60. The number of nitrogens with two attached hydrogens (primary N) is 1. The van der Waals surface area contributed by atoms with Gasteiger partial charge in [-0.3, -0.25) is 4.79 Å². The Labute approximate surface area is 121 Å². The molecule has 1 saturated carbocycles. The molecule has 20 heavy (non-hydrogen) atoms. The van der Waals surface area contributed by atoms with Crippen LogP contribution in [0, 0.1) is 12.3 Å². The molecule has 2 atom stereocenters. The van der Waals surface area contributed by atoms with Gasteiger partial charge in [-0.25, -0.2) is 0 Å². The third-order valence-electron chi connectivity index (χ3n) is 4.52. The number of rotatable bonds is 4. The minimum atomic E-state index is -0.425. The smallest absolute Gasteiger partial charge is 0.230 e. The number of hydrogen-bond acceptors (Lipinski definition) is 3. The molecule has 4 heteroatoms. The third kappa shape index (κ3) is 2.75. The van der Waals surface area contributed by atoms with Gasteiger partial charge in [0.25, 0.3) is 0 Å². The molecule has 0 aliphatic heterocycles. The molecule has 0 saturated heterocycles. The number of carbonyl (C=O) groups is 1. The van der Waals surface area contributed by atoms with E-state index in [0.29, 0.717) is 6.54 Å². The first kappa shape index (κ1) is 15.1. The summed E-state index contributed by atoms with van der Waals surface area (Å²) >= 11 is 0. The van der Waals surface area contributed by atoms with Crippen molar-refractivity contribution >= 4 is 5.91 Å². The van der Waals surface area contributed by atoms with Crippen LogP contribution < -0.4 is 5.73 Å². The van der Waals surface area contributed by atoms with Crippen molar-refractivity contribution in [3.05, 3.63) is 23.7 Å². The molecule has 0 bridgehead atoms. The summed E-state index contributed by atoms with van der Waals surface area (Å²) in [6.45, 7) is 8.52. The van der Waals surface area contributed by atoms with Crippen molar-refractivity contribution in [2.75, 3.05) is 0 Å². The molecule has 1 aliphatic rings. The molecule has 2 unspecified atom stereocenters. The van der Waals surface area contributed by atoms with Crippen LogP contribution >= 0.6 is 0 Å². The van der Waals surface area contributed by atoms with Gasteiger partial charge in [0.1, 0.15) is 11.5 Å². The van der Waals surface area contributed by atoms with Gasteiger partial charge < -0.3 is 15.1 Å². The fourth-order valence-corrected chi connectivity index (χ4v) is 3.01. The fourth-order valence-electron chi connectivity index (χ4n) is 3.01. The summed E-state index contributed by atoms with van der Waals surface area (Å²) in [6, 6.07) is 3.98. The molecular formula is C16H26N2O2. The summed E-state index contributed by atoms with van der Waals surface area (Å²) in [5.41, 5.74) is 5.75. The maximum absolute atomic E-state index is 12.9. The Kier molecular flexibility index (Phi) is 4.23. The Morgan fingerprint density at radius 2 is 2.25 bits per heavy atom. The van der Waals surface area contributed by atoms with Crippen LogP contribution in [0.5, 0.6) is 0 Å². The van der Waals surface area contributed by atoms with E-state index in [9.17, 15) is 4.79 Å². The van der Waals surface area contributed by atoms with E-state index >= 15 is 0 Å². The van der Waals surface area contributed by atoms with Crippen LogP contribution in [0.25, 0.3) is 0 Å². The lowest BCUT2D eigenvalue weighted by molar-refractivity contribution is -0.144. The molecule has 2 N–H and O–H groups in total. The molecule has 0 spiro atoms. The molecule has 1 aliphatic carbocycles. The highest BCUT2D eigenvalue weighted by Crippen LogP contribution is 2.39. The van der Waals surface area contributed by atoms with Gasteiger partial charge in [-0.1, -0.05) is 6.42 Å². The number of hydrogen-bond donors (Lipinski definition) is 1. The molecule has 1 fully saturated rings. The van der Waals surface area contributed by atoms with Crippen LogP contribution in [0.3, 0.4) is 0 Å². The van der Waals surface area contributed by atoms with Crippen molar-refractivity contribution in [1.29, 1.82) is 0 Å². The summed E-state index contributed by atoms with van der Waals surface area (Å²) in [6.07, 6.45) is 2.86. The highest BCUT2D eigenvalue weighted by molar-refractivity contribution is 5.83. The van der Waals surface area contributed by atoms with Gasteiger partial charge in [0, 0.05) is 12.1 Å². The Balaban J connectivity index is 2.18. The lowest BCUT2D eigenvalue weighted by Crippen LogP contribution is -2.51. The van der Waals surface area contributed by atoms with Gasteiger partial charge in [0.2, 0.25) is 5.91 Å². The number of furan rings is 1. The highest BCUT2D eigenvalue weighted by atomic mass is 16.3. The molecule has 1 amide bonds. The predicted octanol–water partition coefficient (Wildman–Crippen LogP) is 2.84. The van der Waals surface area contributed by atoms with Gasteiger partial charge >= 0.3 is 0 Å². The van der Waals surface area contributed by atoms with Crippen molar-refractivity contribution < 1.29 is 9.21 Å². The largest absolute Gasteiger partial charge is 0.464 e. The van der Waals surface area contributed by atoms with Gasteiger partial charge in [0.05, 0.1) is 12.0 Å². The van der Waals surface area contributed by atoms with Crippen LogP contribution in [-0.4, -0.2) is 22.9 Å². The first-order chi connectivity index (χ1) is 9.34. The minimum Gasteiger partial charge on any atom is -0.464 e. The first-order valence-corrected chi connectivity index (χ1v) is 7.46. The summed E-state index contributed by atoms with van der Waals surface area (Å²) < 4.78 is 5.61. The quantitative estimate of drug-likeness (QED) is 0.921. The van der Waals surface area contributed by atoms with E-state index in [2.05, 4.69) is 0 Å². The monoisotopic (exact) mass is 278 g/mol. The van der Waals surface area contributed by atoms with Crippen LogP contribution in [0.2, 0.25) is 0 Å². The van der Waals surface area contributed by atoms with E-state index in [1.165, 1.54) is 0 Å². The molecule has 0 radical (unpaired) electrons. The van der Waals surface area contributed by atoms with Crippen molar-refractivity contribution in [3.63, 3.8) is 0 Å². The average molecular weight is 278 g/mol. The number of aryl methyl sites for hydroxylation is 1. The molecular weight excluding hydrogens is 252 g/mol. The first-order valence-electron chi connectivity index (χ1n) is 7.46.